The number of amides is 1. The molecule has 21 heavy (non-hydrogen) atoms. The number of sulfonamides is 1. The second kappa shape index (κ2) is 6.64. The molecule has 0 bridgehead atoms. The predicted molar refractivity (Wildman–Crippen MR) is 78.8 cm³/mol. The maximum atomic E-state index is 12.2. The lowest BCUT2D eigenvalue weighted by Crippen LogP contribution is -2.46. The molecule has 1 aliphatic heterocycles. The van der Waals surface area contributed by atoms with Gasteiger partial charge in [-0.05, 0) is 37.1 Å². The Morgan fingerprint density at radius 3 is 2.38 bits per heavy atom. The minimum atomic E-state index is -3.56. The topological polar surface area (TPSA) is 75.7 Å². The van der Waals surface area contributed by atoms with Gasteiger partial charge >= 0.3 is 6.09 Å². The van der Waals surface area contributed by atoms with Crippen molar-refractivity contribution in [2.45, 2.75) is 23.8 Å². The van der Waals surface area contributed by atoms with Gasteiger partial charge in [0.2, 0.25) is 10.0 Å². The van der Waals surface area contributed by atoms with E-state index >= 15 is 0 Å². The standard InChI is InChI=1S/C13H17ClN2O4S/c1-20-13(17)16-8-6-11(7-9-16)15-21(18,19)12-4-2-10(14)3-5-12/h2-5,11,15H,6-9H2,1H3. The fourth-order valence-corrected chi connectivity index (χ4v) is 3.64. The third-order valence-corrected chi connectivity index (χ3v) is 5.16. The van der Waals surface area contributed by atoms with Crippen LogP contribution >= 0.6 is 11.6 Å². The third kappa shape index (κ3) is 4.09. The summed E-state index contributed by atoms with van der Waals surface area (Å²) in [5, 5.41) is 0.486. The summed E-state index contributed by atoms with van der Waals surface area (Å²) in [4.78, 5) is 13.1. The average molecular weight is 333 g/mol. The van der Waals surface area contributed by atoms with Crippen LogP contribution in [0.3, 0.4) is 0 Å². The van der Waals surface area contributed by atoms with E-state index < -0.39 is 10.0 Å². The first kappa shape index (κ1) is 16.1. The molecule has 0 aliphatic carbocycles. The van der Waals surface area contributed by atoms with Gasteiger partial charge in [0.05, 0.1) is 12.0 Å². The number of carbonyl (C=O) groups is 1. The molecular weight excluding hydrogens is 316 g/mol. The van der Waals surface area contributed by atoms with Crippen molar-refractivity contribution in [1.82, 2.24) is 9.62 Å². The fraction of sp³-hybridized carbons (Fsp3) is 0.462. The summed E-state index contributed by atoms with van der Waals surface area (Å²) in [5.41, 5.74) is 0. The molecule has 116 valence electrons. The molecular formula is C13H17ClN2O4S. The van der Waals surface area contributed by atoms with Crippen LogP contribution in [0.4, 0.5) is 4.79 Å². The molecule has 1 aromatic rings. The van der Waals surface area contributed by atoms with E-state index in [-0.39, 0.29) is 17.0 Å². The summed E-state index contributed by atoms with van der Waals surface area (Å²) in [6.45, 7) is 0.945. The number of rotatable bonds is 3. The van der Waals surface area contributed by atoms with Crippen LogP contribution in [-0.4, -0.2) is 45.7 Å². The quantitative estimate of drug-likeness (QED) is 0.916. The number of hydrogen-bond donors (Lipinski definition) is 1. The summed E-state index contributed by atoms with van der Waals surface area (Å²) >= 11 is 5.75. The van der Waals surface area contributed by atoms with E-state index in [0.717, 1.165) is 0 Å². The second-order valence-electron chi connectivity index (χ2n) is 4.81. The molecule has 1 amide bonds. The number of carbonyl (C=O) groups excluding carboxylic acids is 1. The lowest BCUT2D eigenvalue weighted by atomic mass is 10.1. The highest BCUT2D eigenvalue weighted by molar-refractivity contribution is 7.89. The highest BCUT2D eigenvalue weighted by atomic mass is 35.5. The molecule has 0 aromatic heterocycles. The van der Waals surface area contributed by atoms with Crippen molar-refractivity contribution in [3.05, 3.63) is 29.3 Å². The largest absolute Gasteiger partial charge is 0.453 e. The number of ether oxygens (including phenoxy) is 1. The van der Waals surface area contributed by atoms with Crippen molar-refractivity contribution >= 4 is 27.7 Å². The number of hydrogen-bond acceptors (Lipinski definition) is 4. The van der Waals surface area contributed by atoms with Crippen molar-refractivity contribution in [2.75, 3.05) is 20.2 Å². The zero-order valence-corrected chi connectivity index (χ0v) is 13.2. The maximum Gasteiger partial charge on any atom is 0.409 e. The Bertz CT molecular complexity index is 595. The van der Waals surface area contributed by atoms with Crippen molar-refractivity contribution in [3.63, 3.8) is 0 Å². The number of halogens is 1. The van der Waals surface area contributed by atoms with E-state index in [1.807, 2.05) is 0 Å². The van der Waals surface area contributed by atoms with Crippen LogP contribution in [0, 0.1) is 0 Å². The van der Waals surface area contributed by atoms with Gasteiger partial charge in [0.25, 0.3) is 0 Å². The minimum Gasteiger partial charge on any atom is -0.453 e. The monoisotopic (exact) mass is 332 g/mol. The maximum absolute atomic E-state index is 12.2. The summed E-state index contributed by atoms with van der Waals surface area (Å²) in [6, 6.07) is 5.82. The molecule has 1 aromatic carbocycles. The lowest BCUT2D eigenvalue weighted by Gasteiger charge is -2.31. The third-order valence-electron chi connectivity index (χ3n) is 3.37. The van der Waals surface area contributed by atoms with Gasteiger partial charge in [-0.2, -0.15) is 0 Å². The molecule has 0 radical (unpaired) electrons. The molecule has 6 nitrogen and oxygen atoms in total. The van der Waals surface area contributed by atoms with E-state index in [1.165, 1.54) is 31.4 Å². The number of piperidine rings is 1. The molecule has 0 unspecified atom stereocenters. The smallest absolute Gasteiger partial charge is 0.409 e. The van der Waals surface area contributed by atoms with E-state index in [0.29, 0.717) is 31.0 Å². The molecule has 1 heterocycles. The first-order chi connectivity index (χ1) is 9.92. The first-order valence-corrected chi connectivity index (χ1v) is 8.39. The van der Waals surface area contributed by atoms with Crippen molar-refractivity contribution in [3.8, 4) is 0 Å². The number of nitrogens with one attached hydrogen (secondary N) is 1. The van der Waals surface area contributed by atoms with Crippen molar-refractivity contribution in [1.29, 1.82) is 0 Å². The molecule has 0 atom stereocenters. The molecule has 1 aliphatic rings. The van der Waals surface area contributed by atoms with E-state index in [1.54, 1.807) is 4.90 Å². The highest BCUT2D eigenvalue weighted by Gasteiger charge is 2.26. The zero-order chi connectivity index (χ0) is 15.5. The van der Waals surface area contributed by atoms with Crippen molar-refractivity contribution in [2.24, 2.45) is 0 Å². The van der Waals surface area contributed by atoms with Crippen LogP contribution in [0.2, 0.25) is 5.02 Å². The zero-order valence-electron chi connectivity index (χ0n) is 11.6. The SMILES string of the molecule is COC(=O)N1CCC(NS(=O)(=O)c2ccc(Cl)cc2)CC1. The number of likely N-dealkylation sites (tertiary alicyclic amines) is 1. The summed E-state index contributed by atoms with van der Waals surface area (Å²) in [5.74, 6) is 0. The Kier molecular flexibility index (Phi) is 5.08. The van der Waals surface area contributed by atoms with Gasteiger partial charge in [0, 0.05) is 24.2 Å². The van der Waals surface area contributed by atoms with Gasteiger partial charge in [0.1, 0.15) is 0 Å². The van der Waals surface area contributed by atoms with Gasteiger partial charge in [-0.3, -0.25) is 0 Å². The van der Waals surface area contributed by atoms with E-state index in [4.69, 9.17) is 11.6 Å². The second-order valence-corrected chi connectivity index (χ2v) is 6.96. The Balaban J connectivity index is 1.96. The molecule has 0 spiro atoms. The van der Waals surface area contributed by atoms with E-state index in [9.17, 15) is 13.2 Å². The fourth-order valence-electron chi connectivity index (χ4n) is 2.21. The van der Waals surface area contributed by atoms with Gasteiger partial charge in [0.15, 0.2) is 0 Å². The normalized spacial score (nSPS) is 16.8. The van der Waals surface area contributed by atoms with Gasteiger partial charge in [-0.25, -0.2) is 17.9 Å². The highest BCUT2D eigenvalue weighted by Crippen LogP contribution is 2.17. The number of methoxy groups -OCH3 is 1. The van der Waals surface area contributed by atoms with Gasteiger partial charge in [-0.1, -0.05) is 11.6 Å². The number of nitrogens with zero attached hydrogens (tertiary/aromatic N) is 1. The molecule has 8 heteroatoms. The van der Waals surface area contributed by atoms with Crippen LogP contribution < -0.4 is 4.72 Å². The lowest BCUT2D eigenvalue weighted by molar-refractivity contribution is 0.111. The average Bonchev–Trinajstić information content (AvgIpc) is 2.47. The summed E-state index contributed by atoms with van der Waals surface area (Å²) in [7, 11) is -2.23. The van der Waals surface area contributed by atoms with Crippen LogP contribution in [0.15, 0.2) is 29.2 Å². The Hall–Kier alpha value is -1.31. The first-order valence-electron chi connectivity index (χ1n) is 6.53. The van der Waals surface area contributed by atoms with Crippen LogP contribution in [0.1, 0.15) is 12.8 Å². The van der Waals surface area contributed by atoms with Gasteiger partial charge < -0.3 is 9.64 Å². The van der Waals surface area contributed by atoms with Crippen LogP contribution in [0.25, 0.3) is 0 Å². The molecule has 1 saturated heterocycles. The van der Waals surface area contributed by atoms with Crippen LogP contribution in [-0.2, 0) is 14.8 Å². The van der Waals surface area contributed by atoms with Crippen LogP contribution in [0.5, 0.6) is 0 Å². The Morgan fingerprint density at radius 2 is 1.86 bits per heavy atom. The van der Waals surface area contributed by atoms with Crippen molar-refractivity contribution < 1.29 is 17.9 Å². The molecule has 1 N–H and O–H groups in total. The molecule has 0 saturated carbocycles. The summed E-state index contributed by atoms with van der Waals surface area (Å²) in [6.07, 6.45) is 0.734. The summed E-state index contributed by atoms with van der Waals surface area (Å²) < 4.78 is 31.7. The predicted octanol–water partition coefficient (Wildman–Crippen LogP) is 1.85. The Morgan fingerprint density at radius 1 is 1.29 bits per heavy atom. The van der Waals surface area contributed by atoms with E-state index in [2.05, 4.69) is 9.46 Å². The number of benzene rings is 1. The minimum absolute atomic E-state index is 0.183. The molecule has 2 rings (SSSR count). The Labute approximate surface area is 129 Å². The molecule has 1 fully saturated rings. The van der Waals surface area contributed by atoms with Gasteiger partial charge in [-0.15, -0.1) is 0 Å².